The van der Waals surface area contributed by atoms with E-state index in [0.717, 1.165) is 0 Å². The van der Waals surface area contributed by atoms with Gasteiger partial charge in [-0.15, -0.1) is 0 Å². The number of cyclic esters (lactones) is 1. The Morgan fingerprint density at radius 2 is 1.71 bits per heavy atom. The predicted molar refractivity (Wildman–Crippen MR) is 160 cm³/mol. The number of aliphatic hydroxyl groups excluding tert-OH is 1. The number of aliphatic hydroxyl groups is 2. The van der Waals surface area contributed by atoms with E-state index in [2.05, 4.69) is 15.9 Å². The second-order valence-corrected chi connectivity index (χ2v) is 12.2. The average molecular weight is 662 g/mol. The number of fused-ring (bicyclic) bond motifs is 2. The van der Waals surface area contributed by atoms with Gasteiger partial charge in [-0.05, 0) is 43.7 Å². The fourth-order valence-corrected chi connectivity index (χ4v) is 6.21. The van der Waals surface area contributed by atoms with Crippen LogP contribution in [0.1, 0.15) is 53.4 Å². The molecule has 42 heavy (non-hydrogen) atoms. The molecule has 0 radical (unpaired) electrons. The van der Waals surface area contributed by atoms with E-state index >= 15 is 0 Å². The number of allylic oxidation sites excluding steroid dienone is 3. The summed E-state index contributed by atoms with van der Waals surface area (Å²) in [6, 6.07) is 0. The quantitative estimate of drug-likeness (QED) is 0.235. The first-order valence-corrected chi connectivity index (χ1v) is 15.7. The Kier molecular flexibility index (Phi) is 13.7. The van der Waals surface area contributed by atoms with Crippen molar-refractivity contribution in [1.29, 1.82) is 0 Å². The van der Waals surface area contributed by atoms with Gasteiger partial charge in [-0.25, -0.2) is 0 Å². The first kappa shape index (κ1) is 35.3. The molecule has 0 saturated carbocycles. The van der Waals surface area contributed by atoms with E-state index in [4.69, 9.17) is 33.2 Å². The van der Waals surface area contributed by atoms with E-state index in [-0.39, 0.29) is 30.5 Å². The van der Waals surface area contributed by atoms with Gasteiger partial charge in [0.15, 0.2) is 12.1 Å². The number of rotatable bonds is 7. The third kappa shape index (κ3) is 8.73. The number of carbonyl (C=O) groups excluding carboxylic acids is 1. The molecule has 13 atom stereocenters. The first-order valence-electron chi connectivity index (χ1n) is 14.8. The van der Waals surface area contributed by atoms with Crippen LogP contribution in [0, 0.1) is 17.8 Å². The van der Waals surface area contributed by atoms with Crippen molar-refractivity contribution in [3.8, 4) is 0 Å². The highest BCUT2D eigenvalue weighted by molar-refractivity contribution is 9.11. The van der Waals surface area contributed by atoms with Crippen molar-refractivity contribution in [1.82, 2.24) is 0 Å². The van der Waals surface area contributed by atoms with Crippen LogP contribution < -0.4 is 0 Å². The van der Waals surface area contributed by atoms with Gasteiger partial charge in [-0.2, -0.15) is 0 Å². The first-order chi connectivity index (χ1) is 20.0. The molecular weight excluding hydrogens is 612 g/mol. The second kappa shape index (κ2) is 16.2. The van der Waals surface area contributed by atoms with E-state index in [0.29, 0.717) is 19.3 Å². The smallest absolute Gasteiger partial charge is 0.314 e. The molecule has 0 aromatic rings. The standard InChI is InChI=1S/C31H49BrO10/c1-18-11-10-13-24(33)19(2)25-16-23(41-30-28(38-7)27(37-6)26(36-5)21(4)39-30)17-31(35,42-25)20(3)29(34)40-22(15-18)12-8-9-14-32/h8-12,14,18-28,30,33,35H,13,15-17H2,1-7H3/b11-10-,12-8+,14-9+/t18-,19+,20-,21+,22+,23-,24-,25-,26+,27-,28-,30+,31+/m0/s1. The van der Waals surface area contributed by atoms with Crippen molar-refractivity contribution in [3.05, 3.63) is 35.4 Å². The summed E-state index contributed by atoms with van der Waals surface area (Å²) in [6.07, 6.45) is 5.59. The van der Waals surface area contributed by atoms with E-state index in [1.54, 1.807) is 45.4 Å². The molecule has 0 unspecified atom stereocenters. The van der Waals surface area contributed by atoms with Crippen LogP contribution in [-0.4, -0.2) is 98.4 Å². The Hall–Kier alpha value is -1.15. The minimum absolute atomic E-state index is 0.0122. The van der Waals surface area contributed by atoms with Crippen molar-refractivity contribution < 1.29 is 48.2 Å². The number of methoxy groups -OCH3 is 3. The molecule has 240 valence electrons. The zero-order chi connectivity index (χ0) is 31.0. The summed E-state index contributed by atoms with van der Waals surface area (Å²) in [4.78, 5) is 15.2. The number of halogens is 1. The number of esters is 1. The second-order valence-electron chi connectivity index (χ2n) is 11.7. The van der Waals surface area contributed by atoms with Crippen LogP contribution in [0.3, 0.4) is 0 Å². The Morgan fingerprint density at radius 3 is 2.36 bits per heavy atom. The summed E-state index contributed by atoms with van der Waals surface area (Å²) in [5.41, 5.74) is 0. The van der Waals surface area contributed by atoms with Crippen molar-refractivity contribution in [2.24, 2.45) is 17.8 Å². The van der Waals surface area contributed by atoms with E-state index in [1.807, 2.05) is 39.0 Å². The summed E-state index contributed by atoms with van der Waals surface area (Å²) in [5.74, 6) is -3.81. The molecule has 3 aliphatic rings. The number of ether oxygens (including phenoxy) is 7. The summed E-state index contributed by atoms with van der Waals surface area (Å²) in [7, 11) is 4.73. The van der Waals surface area contributed by atoms with Gasteiger partial charge in [0.25, 0.3) is 0 Å². The Bertz CT molecular complexity index is 943. The predicted octanol–water partition coefficient (Wildman–Crippen LogP) is 4.02. The van der Waals surface area contributed by atoms with E-state index < -0.39 is 60.6 Å². The molecule has 0 aromatic heterocycles. The maximum atomic E-state index is 13.5. The minimum atomic E-state index is -1.91. The maximum Gasteiger partial charge on any atom is 0.314 e. The highest BCUT2D eigenvalue weighted by Crippen LogP contribution is 2.40. The van der Waals surface area contributed by atoms with Gasteiger partial charge >= 0.3 is 5.97 Å². The van der Waals surface area contributed by atoms with Crippen LogP contribution in [0.2, 0.25) is 0 Å². The summed E-state index contributed by atoms with van der Waals surface area (Å²) >= 11 is 3.24. The van der Waals surface area contributed by atoms with Crippen LogP contribution in [0.5, 0.6) is 0 Å². The molecule has 3 heterocycles. The third-order valence-corrected chi connectivity index (χ3v) is 8.99. The minimum Gasteiger partial charge on any atom is -0.458 e. The molecule has 2 saturated heterocycles. The Balaban J connectivity index is 1.92. The van der Waals surface area contributed by atoms with Gasteiger partial charge in [0.05, 0.1) is 24.4 Å². The van der Waals surface area contributed by atoms with Crippen LogP contribution >= 0.6 is 15.9 Å². The lowest BCUT2D eigenvalue weighted by molar-refractivity contribution is -0.348. The SMILES string of the molecule is CO[C@@H]1[C@H](OC)[C@@H](O[C@H]2C[C@@H]3O[C@](O)(C2)[C@@H](C)C(=O)O[C@H](/C=C/C=C/Br)C[C@@H](C)/C=C\C[C@H](O)[C@H]3C)O[C@H](C)[C@H]1OC. The van der Waals surface area contributed by atoms with E-state index in [1.165, 1.54) is 0 Å². The van der Waals surface area contributed by atoms with Crippen LogP contribution in [0.4, 0.5) is 0 Å². The third-order valence-electron chi connectivity index (χ3n) is 8.69. The topological polar surface area (TPSA) is 122 Å². The molecule has 0 aromatic carbocycles. The number of carbonyl (C=O) groups is 1. The molecular formula is C31H49BrO10. The zero-order valence-corrected chi connectivity index (χ0v) is 27.3. The maximum absolute atomic E-state index is 13.5. The molecule has 0 aliphatic carbocycles. The molecule has 10 nitrogen and oxygen atoms in total. The summed E-state index contributed by atoms with van der Waals surface area (Å²) < 4.78 is 41.9. The van der Waals surface area contributed by atoms with Gasteiger partial charge in [-0.1, -0.05) is 54.1 Å². The van der Waals surface area contributed by atoms with Crippen LogP contribution in [0.25, 0.3) is 0 Å². The van der Waals surface area contributed by atoms with Crippen molar-refractivity contribution in [2.45, 2.75) is 114 Å². The number of hydrogen-bond acceptors (Lipinski definition) is 10. The lowest BCUT2D eigenvalue weighted by atomic mass is 9.83. The van der Waals surface area contributed by atoms with Gasteiger partial charge in [0, 0.05) is 40.1 Å². The average Bonchev–Trinajstić information content (AvgIpc) is 2.95. The molecule has 3 aliphatic heterocycles. The van der Waals surface area contributed by atoms with Crippen molar-refractivity contribution in [2.75, 3.05) is 21.3 Å². The van der Waals surface area contributed by atoms with Crippen molar-refractivity contribution >= 4 is 21.9 Å². The molecule has 2 bridgehead atoms. The molecule has 2 N–H and O–H groups in total. The lowest BCUT2D eigenvalue weighted by Gasteiger charge is -2.48. The van der Waals surface area contributed by atoms with Gasteiger partial charge < -0.3 is 43.4 Å². The highest BCUT2D eigenvalue weighted by atomic mass is 79.9. The largest absolute Gasteiger partial charge is 0.458 e. The molecule has 2 fully saturated rings. The van der Waals surface area contributed by atoms with Gasteiger partial charge in [0.1, 0.15) is 30.3 Å². The number of hydrogen-bond donors (Lipinski definition) is 2. The fourth-order valence-electron chi connectivity index (χ4n) is 6.03. The Morgan fingerprint density at radius 1 is 1.02 bits per heavy atom. The normalized spacial score (nSPS) is 45.0. The van der Waals surface area contributed by atoms with Crippen LogP contribution in [-0.2, 0) is 38.0 Å². The summed E-state index contributed by atoms with van der Waals surface area (Å²) in [6.45, 7) is 7.38. The lowest BCUT2D eigenvalue weighted by Crippen LogP contribution is -2.61. The monoisotopic (exact) mass is 660 g/mol. The van der Waals surface area contributed by atoms with Gasteiger partial charge in [-0.3, -0.25) is 4.79 Å². The Labute approximate surface area is 258 Å². The van der Waals surface area contributed by atoms with E-state index in [9.17, 15) is 15.0 Å². The van der Waals surface area contributed by atoms with Gasteiger partial charge in [0.2, 0.25) is 0 Å². The fraction of sp³-hybridized carbons (Fsp3) is 0.774. The molecule has 11 heteroatoms. The van der Waals surface area contributed by atoms with Crippen LogP contribution in [0.15, 0.2) is 35.4 Å². The summed E-state index contributed by atoms with van der Waals surface area (Å²) in [5, 5.41) is 23.0. The molecule has 3 rings (SSSR count). The highest BCUT2D eigenvalue weighted by Gasteiger charge is 2.52. The molecule has 0 amide bonds. The molecule has 0 spiro atoms. The van der Waals surface area contributed by atoms with Crippen molar-refractivity contribution in [3.63, 3.8) is 0 Å². The zero-order valence-electron chi connectivity index (χ0n) is 25.8.